The van der Waals surface area contributed by atoms with Gasteiger partial charge in [0.25, 0.3) is 0 Å². The van der Waals surface area contributed by atoms with Gasteiger partial charge in [0.05, 0.1) is 11.3 Å². The first-order valence-electron chi connectivity index (χ1n) is 6.10. The van der Waals surface area contributed by atoms with Gasteiger partial charge in [-0.2, -0.15) is 17.0 Å². The molecule has 0 bridgehead atoms. The van der Waals surface area contributed by atoms with E-state index >= 15 is 0 Å². The van der Waals surface area contributed by atoms with E-state index in [1.165, 1.54) is 28.8 Å². The molecule has 6 nitrogen and oxygen atoms in total. The van der Waals surface area contributed by atoms with Crippen molar-refractivity contribution in [3.63, 3.8) is 0 Å². The monoisotopic (exact) mass is 325 g/mol. The van der Waals surface area contributed by atoms with Crippen LogP contribution < -0.4 is 5.32 Å². The van der Waals surface area contributed by atoms with E-state index in [0.29, 0.717) is 23.1 Å². The summed E-state index contributed by atoms with van der Waals surface area (Å²) in [7, 11) is 0. The van der Waals surface area contributed by atoms with Crippen LogP contribution in [0.2, 0.25) is 5.02 Å². The molecule has 1 aromatic rings. The highest BCUT2D eigenvalue weighted by Gasteiger charge is 2.32. The van der Waals surface area contributed by atoms with E-state index in [4.69, 9.17) is 22.0 Å². The van der Waals surface area contributed by atoms with Crippen LogP contribution in [0.5, 0.6) is 0 Å². The predicted octanol–water partition coefficient (Wildman–Crippen LogP) is 2.25. The van der Waals surface area contributed by atoms with Crippen LogP contribution in [0.25, 0.3) is 0 Å². The summed E-state index contributed by atoms with van der Waals surface area (Å²) in [5.74, 6) is -0.00898. The number of nitrogens with one attached hydrogen (secondary N) is 1. The SMILES string of the molecule is N#Cc1ccc(Cl)cc1NC(=O)N1CCSCC1C(=O)O. The number of anilines is 1. The fourth-order valence-corrected chi connectivity index (χ4v) is 3.17. The zero-order valence-corrected chi connectivity index (χ0v) is 12.4. The van der Waals surface area contributed by atoms with Gasteiger partial charge < -0.3 is 15.3 Å². The number of amides is 2. The van der Waals surface area contributed by atoms with Gasteiger partial charge in [-0.15, -0.1) is 0 Å². The van der Waals surface area contributed by atoms with E-state index in [-0.39, 0.29) is 11.3 Å². The number of rotatable bonds is 2. The van der Waals surface area contributed by atoms with Crippen LogP contribution in [-0.4, -0.2) is 46.1 Å². The summed E-state index contributed by atoms with van der Waals surface area (Å²) in [6.07, 6.45) is 0. The van der Waals surface area contributed by atoms with Gasteiger partial charge in [-0.25, -0.2) is 9.59 Å². The predicted molar refractivity (Wildman–Crippen MR) is 80.6 cm³/mol. The van der Waals surface area contributed by atoms with Gasteiger partial charge in [0.1, 0.15) is 12.1 Å². The molecule has 0 aliphatic carbocycles. The second-order valence-electron chi connectivity index (χ2n) is 4.35. The van der Waals surface area contributed by atoms with Crippen molar-refractivity contribution in [1.29, 1.82) is 5.26 Å². The maximum atomic E-state index is 12.3. The average Bonchev–Trinajstić information content (AvgIpc) is 2.47. The molecule has 0 saturated carbocycles. The number of nitrogens with zero attached hydrogens (tertiary/aromatic N) is 2. The summed E-state index contributed by atoms with van der Waals surface area (Å²) in [5.41, 5.74) is 0.545. The lowest BCUT2D eigenvalue weighted by Gasteiger charge is -2.32. The maximum absolute atomic E-state index is 12.3. The number of nitriles is 1. The van der Waals surface area contributed by atoms with Crippen LogP contribution in [0.4, 0.5) is 10.5 Å². The molecule has 8 heteroatoms. The number of hydrogen-bond donors (Lipinski definition) is 2. The van der Waals surface area contributed by atoms with E-state index < -0.39 is 18.0 Å². The van der Waals surface area contributed by atoms with Crippen molar-refractivity contribution in [3.8, 4) is 6.07 Å². The number of aliphatic carboxylic acids is 1. The zero-order valence-electron chi connectivity index (χ0n) is 10.9. The van der Waals surface area contributed by atoms with Crippen molar-refractivity contribution in [3.05, 3.63) is 28.8 Å². The molecule has 1 atom stereocenters. The Kier molecular flexibility index (Phi) is 4.94. The molecule has 1 heterocycles. The molecule has 2 N–H and O–H groups in total. The van der Waals surface area contributed by atoms with E-state index in [1.807, 2.05) is 6.07 Å². The van der Waals surface area contributed by atoms with Crippen LogP contribution in [-0.2, 0) is 4.79 Å². The molecule has 21 heavy (non-hydrogen) atoms. The van der Waals surface area contributed by atoms with E-state index in [0.717, 1.165) is 0 Å². The van der Waals surface area contributed by atoms with E-state index in [1.54, 1.807) is 6.07 Å². The summed E-state index contributed by atoms with van der Waals surface area (Å²) in [6.45, 7) is 0.343. The summed E-state index contributed by atoms with van der Waals surface area (Å²) in [6, 6.07) is 5.06. The quantitative estimate of drug-likeness (QED) is 0.869. The molecule has 1 saturated heterocycles. The highest BCUT2D eigenvalue weighted by molar-refractivity contribution is 7.99. The molecule has 0 radical (unpaired) electrons. The molecule has 2 rings (SSSR count). The van der Waals surface area contributed by atoms with Gasteiger partial charge >= 0.3 is 12.0 Å². The second kappa shape index (κ2) is 6.70. The Morgan fingerprint density at radius 3 is 2.95 bits per heavy atom. The van der Waals surface area contributed by atoms with Gasteiger partial charge in [-0.1, -0.05) is 11.6 Å². The van der Waals surface area contributed by atoms with Gasteiger partial charge in [-0.05, 0) is 18.2 Å². The standard InChI is InChI=1S/C13H12ClN3O3S/c14-9-2-1-8(6-15)10(5-9)16-13(20)17-3-4-21-7-11(17)12(18)19/h1-2,5,11H,3-4,7H2,(H,16,20)(H,18,19). The summed E-state index contributed by atoms with van der Waals surface area (Å²) in [4.78, 5) is 24.7. The van der Waals surface area contributed by atoms with Crippen LogP contribution in [0.15, 0.2) is 18.2 Å². The van der Waals surface area contributed by atoms with Gasteiger partial charge in [-0.3, -0.25) is 0 Å². The maximum Gasteiger partial charge on any atom is 0.327 e. The Morgan fingerprint density at radius 1 is 1.52 bits per heavy atom. The average molecular weight is 326 g/mol. The summed E-state index contributed by atoms with van der Waals surface area (Å²) < 4.78 is 0. The molecule has 1 aliphatic rings. The normalized spacial score (nSPS) is 17.9. The van der Waals surface area contributed by atoms with Crippen molar-refractivity contribution in [2.75, 3.05) is 23.4 Å². The molecular weight excluding hydrogens is 314 g/mol. The number of benzene rings is 1. The first-order valence-corrected chi connectivity index (χ1v) is 7.64. The lowest BCUT2D eigenvalue weighted by molar-refractivity contribution is -0.141. The first kappa shape index (κ1) is 15.5. The van der Waals surface area contributed by atoms with Crippen molar-refractivity contribution >= 4 is 41.1 Å². The molecule has 2 amide bonds. The van der Waals surface area contributed by atoms with Crippen molar-refractivity contribution in [1.82, 2.24) is 4.90 Å². The Balaban J connectivity index is 2.19. The summed E-state index contributed by atoms with van der Waals surface area (Å²) >= 11 is 7.34. The minimum absolute atomic E-state index is 0.269. The Bertz CT molecular complexity index is 617. The fourth-order valence-electron chi connectivity index (χ4n) is 1.96. The van der Waals surface area contributed by atoms with E-state index in [2.05, 4.69) is 5.32 Å². The Hall–Kier alpha value is -1.91. The lowest BCUT2D eigenvalue weighted by Crippen LogP contribution is -2.51. The number of thioether (sulfide) groups is 1. The number of carboxylic acids is 1. The third kappa shape index (κ3) is 3.60. The van der Waals surface area contributed by atoms with Gasteiger partial charge in [0, 0.05) is 23.1 Å². The van der Waals surface area contributed by atoms with E-state index in [9.17, 15) is 9.59 Å². The number of carbonyl (C=O) groups is 2. The van der Waals surface area contributed by atoms with Gasteiger partial charge in [0.2, 0.25) is 0 Å². The topological polar surface area (TPSA) is 93.4 Å². The molecule has 1 aromatic carbocycles. The molecule has 1 fully saturated rings. The minimum atomic E-state index is -1.04. The number of carboxylic acid groups (broad SMARTS) is 1. The zero-order chi connectivity index (χ0) is 15.4. The Labute approximate surface area is 130 Å². The fraction of sp³-hybridized carbons (Fsp3) is 0.308. The smallest absolute Gasteiger partial charge is 0.327 e. The first-order chi connectivity index (χ1) is 10.0. The number of carbonyl (C=O) groups excluding carboxylic acids is 1. The van der Waals surface area contributed by atoms with Crippen molar-refractivity contribution < 1.29 is 14.7 Å². The Morgan fingerprint density at radius 2 is 2.29 bits per heavy atom. The highest BCUT2D eigenvalue weighted by atomic mass is 35.5. The largest absolute Gasteiger partial charge is 0.480 e. The molecule has 0 aromatic heterocycles. The highest BCUT2D eigenvalue weighted by Crippen LogP contribution is 2.22. The molecule has 0 spiro atoms. The minimum Gasteiger partial charge on any atom is -0.480 e. The van der Waals surface area contributed by atoms with Crippen LogP contribution >= 0.6 is 23.4 Å². The number of hydrogen-bond acceptors (Lipinski definition) is 4. The van der Waals surface area contributed by atoms with Crippen LogP contribution in [0.1, 0.15) is 5.56 Å². The van der Waals surface area contributed by atoms with Crippen molar-refractivity contribution in [2.24, 2.45) is 0 Å². The second-order valence-corrected chi connectivity index (χ2v) is 5.94. The van der Waals surface area contributed by atoms with Crippen LogP contribution in [0.3, 0.4) is 0 Å². The van der Waals surface area contributed by atoms with Crippen LogP contribution in [0, 0.1) is 11.3 Å². The molecule has 110 valence electrons. The summed E-state index contributed by atoms with van der Waals surface area (Å²) in [5, 5.41) is 21.1. The third-order valence-electron chi connectivity index (χ3n) is 3.02. The lowest BCUT2D eigenvalue weighted by atomic mass is 10.2. The molecule has 1 aliphatic heterocycles. The number of urea groups is 1. The molecule has 1 unspecified atom stereocenters. The number of halogens is 1. The van der Waals surface area contributed by atoms with Gasteiger partial charge in [0.15, 0.2) is 0 Å². The molecular formula is C13H12ClN3O3S. The third-order valence-corrected chi connectivity index (χ3v) is 4.28. The van der Waals surface area contributed by atoms with Crippen molar-refractivity contribution in [2.45, 2.75) is 6.04 Å².